The van der Waals surface area contributed by atoms with Gasteiger partial charge in [0, 0.05) is 38.3 Å². The fraction of sp³-hybridized carbons (Fsp3) is 0.375. The molecular formula is C24H28N4O3. The lowest BCUT2D eigenvalue weighted by atomic mass is 10.1. The summed E-state index contributed by atoms with van der Waals surface area (Å²) in [6.45, 7) is 6.39. The third kappa shape index (κ3) is 5.11. The van der Waals surface area contributed by atoms with Crippen molar-refractivity contribution in [3.8, 4) is 0 Å². The van der Waals surface area contributed by atoms with Crippen molar-refractivity contribution < 1.29 is 14.4 Å². The Kier molecular flexibility index (Phi) is 6.32. The standard InChI is InChI=1S/C24H28N4O3/c1-18-6-8-19(9-7-18)16-26-10-3-11-27(13-12-26)23(30)21-5-2-4-20(14-21)17-28-22(29)15-25-24(28)31/h2,4-9,14H,3,10-13,15-17H2,1H3,(H,25,31). The highest BCUT2D eigenvalue weighted by Crippen LogP contribution is 2.15. The van der Waals surface area contributed by atoms with Crippen LogP contribution < -0.4 is 5.32 Å². The molecule has 0 unspecified atom stereocenters. The predicted molar refractivity (Wildman–Crippen MR) is 117 cm³/mol. The number of benzene rings is 2. The Morgan fingerprint density at radius 1 is 0.935 bits per heavy atom. The van der Waals surface area contributed by atoms with E-state index in [1.54, 1.807) is 12.1 Å². The number of hydrogen-bond donors (Lipinski definition) is 1. The van der Waals surface area contributed by atoms with Gasteiger partial charge < -0.3 is 10.2 Å². The SMILES string of the molecule is Cc1ccc(CN2CCCN(C(=O)c3cccc(CN4C(=O)CNC4=O)c3)CC2)cc1. The maximum atomic E-state index is 13.1. The zero-order valence-corrected chi connectivity index (χ0v) is 17.8. The van der Waals surface area contributed by atoms with Gasteiger partial charge in [-0.15, -0.1) is 0 Å². The monoisotopic (exact) mass is 420 g/mol. The summed E-state index contributed by atoms with van der Waals surface area (Å²) in [6.07, 6.45) is 0.930. The van der Waals surface area contributed by atoms with E-state index < -0.39 is 0 Å². The topological polar surface area (TPSA) is 73.0 Å². The van der Waals surface area contributed by atoms with E-state index in [-0.39, 0.29) is 30.9 Å². The molecule has 0 bridgehead atoms. The molecule has 2 aliphatic rings. The van der Waals surface area contributed by atoms with E-state index in [1.165, 1.54) is 16.0 Å². The van der Waals surface area contributed by atoms with Crippen molar-refractivity contribution in [1.29, 1.82) is 0 Å². The van der Waals surface area contributed by atoms with Crippen LogP contribution in [0.5, 0.6) is 0 Å². The molecule has 4 amide bonds. The van der Waals surface area contributed by atoms with E-state index >= 15 is 0 Å². The Morgan fingerprint density at radius 2 is 1.74 bits per heavy atom. The Labute approximate surface area is 182 Å². The number of imide groups is 1. The largest absolute Gasteiger partial charge is 0.337 e. The van der Waals surface area contributed by atoms with Crippen LogP contribution in [0, 0.1) is 6.92 Å². The van der Waals surface area contributed by atoms with E-state index in [0.717, 1.165) is 38.2 Å². The number of nitrogens with one attached hydrogen (secondary N) is 1. The van der Waals surface area contributed by atoms with Crippen molar-refractivity contribution in [3.63, 3.8) is 0 Å². The van der Waals surface area contributed by atoms with Gasteiger partial charge in [0.05, 0.1) is 13.1 Å². The molecule has 7 nitrogen and oxygen atoms in total. The molecule has 31 heavy (non-hydrogen) atoms. The summed E-state index contributed by atoms with van der Waals surface area (Å²) in [6, 6.07) is 15.4. The Hall–Kier alpha value is -3.19. The highest BCUT2D eigenvalue weighted by molar-refractivity contribution is 6.02. The number of nitrogens with zero attached hydrogens (tertiary/aromatic N) is 3. The maximum Gasteiger partial charge on any atom is 0.324 e. The van der Waals surface area contributed by atoms with Gasteiger partial charge in [-0.3, -0.25) is 19.4 Å². The molecule has 0 radical (unpaired) electrons. The molecule has 2 aromatic rings. The predicted octanol–water partition coefficient (Wildman–Crippen LogP) is 2.39. The van der Waals surface area contributed by atoms with Crippen LogP contribution in [0.25, 0.3) is 0 Å². The molecule has 0 spiro atoms. The first-order chi connectivity index (χ1) is 15.0. The fourth-order valence-corrected chi connectivity index (χ4v) is 4.07. The van der Waals surface area contributed by atoms with Gasteiger partial charge in [-0.05, 0) is 36.6 Å². The molecule has 2 aliphatic heterocycles. The molecule has 0 aliphatic carbocycles. The summed E-state index contributed by atoms with van der Waals surface area (Å²) in [5.74, 6) is -0.251. The smallest absolute Gasteiger partial charge is 0.324 e. The number of hydrogen-bond acceptors (Lipinski definition) is 4. The van der Waals surface area contributed by atoms with Crippen molar-refractivity contribution in [2.24, 2.45) is 0 Å². The van der Waals surface area contributed by atoms with Crippen LogP contribution in [0.3, 0.4) is 0 Å². The molecule has 4 rings (SSSR count). The molecule has 1 N–H and O–H groups in total. The maximum absolute atomic E-state index is 13.1. The van der Waals surface area contributed by atoms with Gasteiger partial charge in [0.15, 0.2) is 0 Å². The second-order valence-electron chi connectivity index (χ2n) is 8.25. The first-order valence-corrected chi connectivity index (χ1v) is 10.7. The van der Waals surface area contributed by atoms with E-state index in [1.807, 2.05) is 17.0 Å². The molecule has 7 heteroatoms. The minimum atomic E-state index is -0.386. The van der Waals surface area contributed by atoms with Gasteiger partial charge >= 0.3 is 6.03 Å². The number of carbonyl (C=O) groups excluding carboxylic acids is 3. The minimum absolute atomic E-state index is 0.00349. The van der Waals surface area contributed by atoms with Gasteiger partial charge in [0.25, 0.3) is 5.91 Å². The molecule has 162 valence electrons. The van der Waals surface area contributed by atoms with Gasteiger partial charge in [-0.25, -0.2) is 4.79 Å². The third-order valence-corrected chi connectivity index (χ3v) is 5.85. The average Bonchev–Trinajstić information content (AvgIpc) is 2.95. The molecular weight excluding hydrogens is 392 g/mol. The van der Waals surface area contributed by atoms with Gasteiger partial charge in [-0.2, -0.15) is 0 Å². The van der Waals surface area contributed by atoms with E-state index in [9.17, 15) is 14.4 Å². The second-order valence-corrected chi connectivity index (χ2v) is 8.25. The molecule has 2 aromatic carbocycles. The van der Waals surface area contributed by atoms with Crippen molar-refractivity contribution >= 4 is 17.8 Å². The average molecular weight is 421 g/mol. The van der Waals surface area contributed by atoms with Crippen LogP contribution in [0.1, 0.15) is 33.5 Å². The van der Waals surface area contributed by atoms with Crippen molar-refractivity contribution in [3.05, 3.63) is 70.8 Å². The molecule has 2 heterocycles. The van der Waals surface area contributed by atoms with Crippen LogP contribution in [0.4, 0.5) is 4.79 Å². The van der Waals surface area contributed by atoms with Crippen LogP contribution in [0.15, 0.2) is 48.5 Å². The molecule has 0 saturated carbocycles. The lowest BCUT2D eigenvalue weighted by molar-refractivity contribution is -0.125. The number of amides is 4. The van der Waals surface area contributed by atoms with Crippen molar-refractivity contribution in [1.82, 2.24) is 20.0 Å². The molecule has 2 saturated heterocycles. The first-order valence-electron chi connectivity index (χ1n) is 10.7. The third-order valence-electron chi connectivity index (χ3n) is 5.85. The lowest BCUT2D eigenvalue weighted by Crippen LogP contribution is -2.35. The normalized spacial score (nSPS) is 17.6. The van der Waals surface area contributed by atoms with Crippen molar-refractivity contribution in [2.75, 3.05) is 32.7 Å². The zero-order valence-electron chi connectivity index (χ0n) is 17.8. The van der Waals surface area contributed by atoms with Gasteiger partial charge in [-0.1, -0.05) is 42.0 Å². The number of urea groups is 1. The number of aryl methyl sites for hydroxylation is 1. The van der Waals surface area contributed by atoms with E-state index in [0.29, 0.717) is 12.1 Å². The summed E-state index contributed by atoms with van der Waals surface area (Å²) < 4.78 is 0. The van der Waals surface area contributed by atoms with Gasteiger partial charge in [0.1, 0.15) is 0 Å². The van der Waals surface area contributed by atoms with E-state index in [4.69, 9.17) is 0 Å². The second kappa shape index (κ2) is 9.31. The number of carbonyl (C=O) groups is 3. The fourth-order valence-electron chi connectivity index (χ4n) is 4.07. The summed E-state index contributed by atoms with van der Waals surface area (Å²) in [4.78, 5) is 42.2. The summed E-state index contributed by atoms with van der Waals surface area (Å²) in [5.41, 5.74) is 3.91. The summed E-state index contributed by atoms with van der Waals surface area (Å²) >= 11 is 0. The Balaban J connectivity index is 1.37. The Bertz CT molecular complexity index is 957. The Morgan fingerprint density at radius 3 is 2.48 bits per heavy atom. The summed E-state index contributed by atoms with van der Waals surface area (Å²) in [7, 11) is 0. The van der Waals surface area contributed by atoms with Gasteiger partial charge in [0.2, 0.25) is 5.91 Å². The highest BCUT2D eigenvalue weighted by Gasteiger charge is 2.28. The number of rotatable bonds is 5. The molecule has 0 atom stereocenters. The minimum Gasteiger partial charge on any atom is -0.337 e. The van der Waals surface area contributed by atoms with Crippen LogP contribution >= 0.6 is 0 Å². The van der Waals surface area contributed by atoms with E-state index in [2.05, 4.69) is 41.4 Å². The zero-order chi connectivity index (χ0) is 21.8. The molecule has 2 fully saturated rings. The highest BCUT2D eigenvalue weighted by atomic mass is 16.2. The van der Waals surface area contributed by atoms with Crippen LogP contribution in [-0.4, -0.2) is 65.3 Å². The lowest BCUT2D eigenvalue weighted by Gasteiger charge is -2.22. The van der Waals surface area contributed by atoms with Crippen LogP contribution in [-0.2, 0) is 17.9 Å². The van der Waals surface area contributed by atoms with Crippen molar-refractivity contribution in [2.45, 2.75) is 26.4 Å². The first kappa shape index (κ1) is 21.1. The van der Waals surface area contributed by atoms with Crippen LogP contribution in [0.2, 0.25) is 0 Å². The quantitative estimate of drug-likeness (QED) is 0.754. The summed E-state index contributed by atoms with van der Waals surface area (Å²) in [5, 5.41) is 2.52. The molecule has 0 aromatic heterocycles.